The van der Waals surface area contributed by atoms with E-state index < -0.39 is 0 Å². The molecule has 3 rings (SSSR count). The Labute approximate surface area is 165 Å². The zero-order chi connectivity index (χ0) is 19.9. The van der Waals surface area contributed by atoms with E-state index in [9.17, 15) is 4.79 Å². The molecule has 1 aliphatic rings. The summed E-state index contributed by atoms with van der Waals surface area (Å²) in [5, 5.41) is 2.96. The number of benzene rings is 1. The molecule has 2 heterocycles. The summed E-state index contributed by atoms with van der Waals surface area (Å²) >= 11 is 0. The molecule has 1 unspecified atom stereocenters. The van der Waals surface area contributed by atoms with Gasteiger partial charge in [-0.3, -0.25) is 9.69 Å². The minimum atomic E-state index is -0.191. The molecule has 1 aromatic carbocycles. The van der Waals surface area contributed by atoms with Crippen LogP contribution < -0.4 is 14.8 Å². The number of rotatable bonds is 8. The predicted octanol–water partition coefficient (Wildman–Crippen LogP) is 2.47. The van der Waals surface area contributed by atoms with Crippen LogP contribution >= 0.6 is 0 Å². The molecule has 152 valence electrons. The third kappa shape index (κ3) is 5.27. The van der Waals surface area contributed by atoms with Crippen molar-refractivity contribution in [2.24, 2.45) is 0 Å². The van der Waals surface area contributed by atoms with Gasteiger partial charge in [0.25, 0.3) is 5.91 Å². The number of nitrogens with one attached hydrogen (secondary N) is 1. The van der Waals surface area contributed by atoms with Crippen LogP contribution in [0.4, 0.5) is 0 Å². The zero-order valence-electron chi connectivity index (χ0n) is 16.7. The molecule has 0 radical (unpaired) electrons. The SMILES string of the molecule is COc1cc(C)ccc1OCC(=O)NCC(c1ccc(C)o1)N1CCOCC1. The monoisotopic (exact) mass is 388 g/mol. The molecule has 1 amide bonds. The van der Waals surface area contributed by atoms with E-state index in [0.29, 0.717) is 31.3 Å². The molecule has 7 heteroatoms. The third-order valence-corrected chi connectivity index (χ3v) is 4.75. The molecule has 0 aliphatic carbocycles. The summed E-state index contributed by atoms with van der Waals surface area (Å²) in [6.07, 6.45) is 0. The number of amides is 1. The van der Waals surface area contributed by atoms with E-state index in [4.69, 9.17) is 18.6 Å². The fraction of sp³-hybridized carbons (Fsp3) is 0.476. The summed E-state index contributed by atoms with van der Waals surface area (Å²) < 4.78 is 22.2. The Kier molecular flexibility index (Phi) is 6.95. The van der Waals surface area contributed by atoms with E-state index in [-0.39, 0.29) is 18.6 Å². The number of carbonyl (C=O) groups excluding carboxylic acids is 1. The highest BCUT2D eigenvalue weighted by Crippen LogP contribution is 2.27. The lowest BCUT2D eigenvalue weighted by molar-refractivity contribution is -0.123. The fourth-order valence-electron chi connectivity index (χ4n) is 3.23. The van der Waals surface area contributed by atoms with Gasteiger partial charge in [-0.1, -0.05) is 6.07 Å². The molecular weight excluding hydrogens is 360 g/mol. The van der Waals surface area contributed by atoms with Gasteiger partial charge in [-0.05, 0) is 43.7 Å². The lowest BCUT2D eigenvalue weighted by Crippen LogP contribution is -2.44. The summed E-state index contributed by atoms with van der Waals surface area (Å²) in [6.45, 7) is 7.23. The Balaban J connectivity index is 1.57. The lowest BCUT2D eigenvalue weighted by Gasteiger charge is -2.33. The van der Waals surface area contributed by atoms with Crippen LogP contribution in [0.25, 0.3) is 0 Å². The third-order valence-electron chi connectivity index (χ3n) is 4.75. The molecule has 0 saturated carbocycles. The van der Waals surface area contributed by atoms with Crippen molar-refractivity contribution in [1.82, 2.24) is 10.2 Å². The van der Waals surface area contributed by atoms with E-state index in [2.05, 4.69) is 10.2 Å². The van der Waals surface area contributed by atoms with Crippen molar-refractivity contribution in [3.63, 3.8) is 0 Å². The van der Waals surface area contributed by atoms with Crippen LogP contribution in [0.2, 0.25) is 0 Å². The van der Waals surface area contributed by atoms with Gasteiger partial charge in [0.15, 0.2) is 18.1 Å². The van der Waals surface area contributed by atoms with Crippen molar-refractivity contribution in [3.8, 4) is 11.5 Å². The normalized spacial score (nSPS) is 15.8. The van der Waals surface area contributed by atoms with Gasteiger partial charge in [0.05, 0.1) is 26.4 Å². The zero-order valence-corrected chi connectivity index (χ0v) is 16.7. The number of nitrogens with zero attached hydrogens (tertiary/aromatic N) is 1. The van der Waals surface area contributed by atoms with Crippen molar-refractivity contribution >= 4 is 5.91 Å². The number of morpholine rings is 1. The highest BCUT2D eigenvalue weighted by molar-refractivity contribution is 5.77. The second-order valence-corrected chi connectivity index (χ2v) is 6.86. The van der Waals surface area contributed by atoms with Crippen molar-refractivity contribution in [3.05, 3.63) is 47.4 Å². The smallest absolute Gasteiger partial charge is 0.258 e. The molecule has 1 fully saturated rings. The van der Waals surface area contributed by atoms with E-state index in [1.807, 2.05) is 44.2 Å². The Morgan fingerprint density at radius 1 is 1.18 bits per heavy atom. The average molecular weight is 388 g/mol. The molecule has 1 atom stereocenters. The molecule has 0 bridgehead atoms. The number of aryl methyl sites for hydroxylation is 2. The Morgan fingerprint density at radius 3 is 2.64 bits per heavy atom. The Morgan fingerprint density at radius 2 is 1.96 bits per heavy atom. The number of carbonyl (C=O) groups is 1. The first-order chi connectivity index (χ1) is 13.6. The van der Waals surface area contributed by atoms with Gasteiger partial charge >= 0.3 is 0 Å². The fourth-order valence-corrected chi connectivity index (χ4v) is 3.23. The first-order valence-corrected chi connectivity index (χ1v) is 9.49. The van der Waals surface area contributed by atoms with Crippen LogP contribution in [0.3, 0.4) is 0 Å². The minimum Gasteiger partial charge on any atom is -0.493 e. The standard InChI is InChI=1S/C21H28N2O5/c1-15-4-6-19(20(12-15)25-3)27-14-21(24)22-13-17(18-7-5-16(2)28-18)23-8-10-26-11-9-23/h4-7,12,17H,8-11,13-14H2,1-3H3,(H,22,24). The van der Waals surface area contributed by atoms with Crippen LogP contribution in [-0.4, -0.2) is 57.4 Å². The van der Waals surface area contributed by atoms with Crippen LogP contribution in [0.15, 0.2) is 34.7 Å². The Hall–Kier alpha value is -2.51. The first kappa shape index (κ1) is 20.2. The van der Waals surface area contributed by atoms with Crippen LogP contribution in [0, 0.1) is 13.8 Å². The summed E-state index contributed by atoms with van der Waals surface area (Å²) in [5.41, 5.74) is 1.07. The number of ether oxygens (including phenoxy) is 3. The molecule has 2 aromatic rings. The summed E-state index contributed by atoms with van der Waals surface area (Å²) in [5.74, 6) is 2.68. The molecule has 0 spiro atoms. The first-order valence-electron chi connectivity index (χ1n) is 9.49. The topological polar surface area (TPSA) is 73.2 Å². The van der Waals surface area contributed by atoms with Gasteiger partial charge in [-0.25, -0.2) is 0 Å². The van der Waals surface area contributed by atoms with Gasteiger partial charge in [-0.2, -0.15) is 0 Å². The van der Waals surface area contributed by atoms with Crippen molar-refractivity contribution in [2.45, 2.75) is 19.9 Å². The Bertz CT molecular complexity index is 783. The second-order valence-electron chi connectivity index (χ2n) is 6.86. The highest BCUT2D eigenvalue weighted by Gasteiger charge is 2.25. The van der Waals surface area contributed by atoms with Gasteiger partial charge in [0.2, 0.25) is 0 Å². The lowest BCUT2D eigenvalue weighted by atomic mass is 10.1. The van der Waals surface area contributed by atoms with Crippen molar-refractivity contribution < 1.29 is 23.4 Å². The largest absolute Gasteiger partial charge is 0.493 e. The van der Waals surface area contributed by atoms with Crippen molar-refractivity contribution in [2.75, 3.05) is 46.6 Å². The summed E-state index contributed by atoms with van der Waals surface area (Å²) in [7, 11) is 1.58. The highest BCUT2D eigenvalue weighted by atomic mass is 16.5. The number of hydrogen-bond acceptors (Lipinski definition) is 6. The van der Waals surface area contributed by atoms with Crippen LogP contribution in [-0.2, 0) is 9.53 Å². The molecule has 1 saturated heterocycles. The molecular formula is C21H28N2O5. The maximum absolute atomic E-state index is 12.4. The van der Waals surface area contributed by atoms with E-state index in [1.165, 1.54) is 0 Å². The predicted molar refractivity (Wildman–Crippen MR) is 105 cm³/mol. The number of furan rings is 1. The number of hydrogen-bond donors (Lipinski definition) is 1. The van der Waals surface area contributed by atoms with Crippen LogP contribution in [0.5, 0.6) is 11.5 Å². The maximum atomic E-state index is 12.4. The number of methoxy groups -OCH3 is 1. The minimum absolute atomic E-state index is 0.0320. The van der Waals surface area contributed by atoms with Gasteiger partial charge < -0.3 is 23.9 Å². The molecule has 7 nitrogen and oxygen atoms in total. The molecule has 1 aromatic heterocycles. The summed E-state index contributed by atoms with van der Waals surface area (Å²) in [6, 6.07) is 9.48. The van der Waals surface area contributed by atoms with E-state index in [0.717, 1.165) is 30.2 Å². The summed E-state index contributed by atoms with van der Waals surface area (Å²) in [4.78, 5) is 14.6. The van der Waals surface area contributed by atoms with E-state index >= 15 is 0 Å². The van der Waals surface area contributed by atoms with Gasteiger partial charge in [0.1, 0.15) is 11.5 Å². The van der Waals surface area contributed by atoms with Gasteiger partial charge in [0, 0.05) is 19.6 Å². The maximum Gasteiger partial charge on any atom is 0.258 e. The average Bonchev–Trinajstić information content (AvgIpc) is 3.14. The van der Waals surface area contributed by atoms with Crippen LogP contribution in [0.1, 0.15) is 23.1 Å². The second kappa shape index (κ2) is 9.61. The van der Waals surface area contributed by atoms with E-state index in [1.54, 1.807) is 7.11 Å². The molecule has 1 N–H and O–H groups in total. The van der Waals surface area contributed by atoms with Gasteiger partial charge in [-0.15, -0.1) is 0 Å². The quantitative estimate of drug-likeness (QED) is 0.749. The molecule has 1 aliphatic heterocycles. The molecule has 28 heavy (non-hydrogen) atoms. The van der Waals surface area contributed by atoms with Crippen molar-refractivity contribution in [1.29, 1.82) is 0 Å².